The summed E-state index contributed by atoms with van der Waals surface area (Å²) in [5, 5.41) is 10.4. The normalized spacial score (nSPS) is 54.3. The van der Waals surface area contributed by atoms with Crippen molar-refractivity contribution in [3.63, 3.8) is 0 Å². The average molecular weight is 403 g/mol. The fourth-order valence-electron chi connectivity index (χ4n) is 9.72. The van der Waals surface area contributed by atoms with Crippen LogP contribution in [0.25, 0.3) is 0 Å². The Hall–Kier alpha value is -0.0800. The molecule has 2 nitrogen and oxygen atoms in total. The van der Waals surface area contributed by atoms with E-state index in [-0.39, 0.29) is 17.8 Å². The van der Waals surface area contributed by atoms with Gasteiger partial charge in [-0.05, 0) is 92.3 Å². The lowest BCUT2D eigenvalue weighted by molar-refractivity contribution is -0.120. The summed E-state index contributed by atoms with van der Waals surface area (Å²) in [5.41, 5.74) is 0.946. The zero-order valence-electron chi connectivity index (χ0n) is 19.8. The molecule has 4 aliphatic carbocycles. The predicted molar refractivity (Wildman–Crippen MR) is 119 cm³/mol. The van der Waals surface area contributed by atoms with E-state index < -0.39 is 0 Å². The molecule has 0 bridgehead atoms. The number of ether oxygens (including phenoxy) is 1. The van der Waals surface area contributed by atoms with Gasteiger partial charge in [0.25, 0.3) is 0 Å². The Morgan fingerprint density at radius 3 is 2.45 bits per heavy atom. The Kier molecular flexibility index (Phi) is 4.99. The first-order chi connectivity index (χ1) is 13.7. The summed E-state index contributed by atoms with van der Waals surface area (Å²) in [6.45, 7) is 12.6. The van der Waals surface area contributed by atoms with Gasteiger partial charge in [-0.15, -0.1) is 0 Å². The zero-order chi connectivity index (χ0) is 20.6. The highest BCUT2D eigenvalue weighted by Crippen LogP contribution is 2.73. The van der Waals surface area contributed by atoms with Crippen LogP contribution in [0.15, 0.2) is 0 Å². The van der Waals surface area contributed by atoms with Gasteiger partial charge in [-0.1, -0.05) is 53.9 Å². The van der Waals surface area contributed by atoms with E-state index in [0.29, 0.717) is 10.8 Å². The van der Waals surface area contributed by atoms with Crippen molar-refractivity contribution in [2.75, 3.05) is 0 Å². The van der Waals surface area contributed by atoms with Gasteiger partial charge in [0.1, 0.15) is 11.7 Å². The third-order valence-electron chi connectivity index (χ3n) is 11.3. The van der Waals surface area contributed by atoms with Crippen LogP contribution in [0, 0.1) is 46.3 Å². The number of aliphatic hydroxyl groups excluding tert-OH is 1. The molecule has 10 atom stereocenters. The number of fused-ring (bicyclic) bond motifs is 4. The number of aliphatic hydroxyl groups is 1. The Balaban J connectivity index is 1.32. The maximum Gasteiger partial charge on any atom is 0.114 e. The lowest BCUT2D eigenvalue weighted by atomic mass is 9.44. The van der Waals surface area contributed by atoms with Crippen LogP contribution in [0.1, 0.15) is 105 Å². The van der Waals surface area contributed by atoms with Crippen LogP contribution in [-0.2, 0) is 4.74 Å². The molecular formula is C27H46O2. The maximum absolute atomic E-state index is 10.4. The smallest absolute Gasteiger partial charge is 0.114 e. The number of hydrogen-bond donors (Lipinski definition) is 1. The quantitative estimate of drug-likeness (QED) is 0.525. The van der Waals surface area contributed by atoms with Gasteiger partial charge in [-0.25, -0.2) is 0 Å². The van der Waals surface area contributed by atoms with Gasteiger partial charge >= 0.3 is 0 Å². The molecule has 4 saturated carbocycles. The highest BCUT2D eigenvalue weighted by molar-refractivity contribution is 5.24. The van der Waals surface area contributed by atoms with Crippen molar-refractivity contribution < 1.29 is 9.84 Å². The third-order valence-corrected chi connectivity index (χ3v) is 11.3. The monoisotopic (exact) mass is 402 g/mol. The molecular weight excluding hydrogens is 356 g/mol. The van der Waals surface area contributed by atoms with Crippen molar-refractivity contribution in [1.82, 2.24) is 0 Å². The van der Waals surface area contributed by atoms with Crippen LogP contribution in [-0.4, -0.2) is 22.9 Å². The minimum Gasteiger partial charge on any atom is -0.390 e. The number of rotatable bonds is 5. The van der Waals surface area contributed by atoms with Crippen molar-refractivity contribution in [3.05, 3.63) is 0 Å². The Bertz CT molecular complexity index is 630. The van der Waals surface area contributed by atoms with Gasteiger partial charge in [-0.2, -0.15) is 0 Å². The second-order valence-corrected chi connectivity index (χ2v) is 12.9. The molecule has 5 rings (SSSR count). The average Bonchev–Trinajstić information content (AvgIpc) is 3.31. The molecule has 0 amide bonds. The first-order valence-electron chi connectivity index (χ1n) is 13.1. The Labute approximate surface area is 179 Å². The summed E-state index contributed by atoms with van der Waals surface area (Å²) in [5.74, 6) is 5.38. The van der Waals surface area contributed by atoms with Crippen molar-refractivity contribution >= 4 is 0 Å². The Morgan fingerprint density at radius 2 is 1.69 bits per heavy atom. The zero-order valence-corrected chi connectivity index (χ0v) is 19.8. The van der Waals surface area contributed by atoms with E-state index in [0.717, 1.165) is 41.9 Å². The summed E-state index contributed by atoms with van der Waals surface area (Å²) < 4.78 is 6.34. The molecule has 0 radical (unpaired) electrons. The number of hydrogen-bond acceptors (Lipinski definition) is 2. The van der Waals surface area contributed by atoms with Crippen LogP contribution < -0.4 is 0 Å². The topological polar surface area (TPSA) is 32.8 Å². The van der Waals surface area contributed by atoms with Crippen LogP contribution in [0.5, 0.6) is 0 Å². The van der Waals surface area contributed by atoms with Crippen molar-refractivity contribution in [3.8, 4) is 0 Å². The summed E-state index contributed by atoms with van der Waals surface area (Å²) >= 11 is 0. The summed E-state index contributed by atoms with van der Waals surface area (Å²) in [6, 6.07) is 0. The molecule has 2 unspecified atom stereocenters. The van der Waals surface area contributed by atoms with Gasteiger partial charge in [0, 0.05) is 5.41 Å². The maximum atomic E-state index is 10.4. The standard InChI is InChI=1S/C27H46O2/c1-17(2)7-6-8-18(3)20-9-10-21-19-11-16-27-24(29-27)23(28)13-15-26(27,5)22(19)12-14-25(20,21)4/h17-24,28H,6-16H2,1-5H3/t18-,19+,20-,21+,22+,23+,24?,25-,26-,27?/m1/s1. The lowest BCUT2D eigenvalue weighted by Crippen LogP contribution is -2.58. The largest absolute Gasteiger partial charge is 0.390 e. The molecule has 166 valence electrons. The highest BCUT2D eigenvalue weighted by atomic mass is 16.6. The van der Waals surface area contributed by atoms with E-state index >= 15 is 0 Å². The van der Waals surface area contributed by atoms with Crippen LogP contribution in [0.2, 0.25) is 0 Å². The van der Waals surface area contributed by atoms with Gasteiger partial charge in [0.05, 0.1) is 6.10 Å². The second kappa shape index (κ2) is 6.96. The van der Waals surface area contributed by atoms with Crippen molar-refractivity contribution in [2.24, 2.45) is 46.3 Å². The molecule has 1 saturated heterocycles. The molecule has 1 N–H and O–H groups in total. The fourth-order valence-corrected chi connectivity index (χ4v) is 9.72. The van der Waals surface area contributed by atoms with E-state index in [1.54, 1.807) is 0 Å². The SMILES string of the molecule is CC(C)CCC[C@@H](C)[C@H]1CC[C@H]2[C@@H]3CCC45OC4[C@@H](O)CC[C@]5(C)[C@H]3CC[C@]12C. The fraction of sp³-hybridized carbons (Fsp3) is 1.00. The van der Waals surface area contributed by atoms with Crippen LogP contribution in [0.3, 0.4) is 0 Å². The lowest BCUT2D eigenvalue weighted by Gasteiger charge is -2.60. The van der Waals surface area contributed by atoms with Gasteiger partial charge in [0.15, 0.2) is 0 Å². The van der Waals surface area contributed by atoms with E-state index in [1.807, 2.05) is 0 Å². The number of epoxide rings is 1. The predicted octanol–water partition coefficient (Wildman–Crippen LogP) is 6.60. The Morgan fingerprint density at radius 1 is 0.897 bits per heavy atom. The molecule has 0 aromatic carbocycles. The van der Waals surface area contributed by atoms with E-state index in [4.69, 9.17) is 4.74 Å². The molecule has 29 heavy (non-hydrogen) atoms. The van der Waals surface area contributed by atoms with Crippen molar-refractivity contribution in [1.29, 1.82) is 0 Å². The van der Waals surface area contributed by atoms with E-state index in [9.17, 15) is 5.11 Å². The summed E-state index contributed by atoms with van der Waals surface area (Å²) in [4.78, 5) is 0. The van der Waals surface area contributed by atoms with Gasteiger partial charge in [-0.3, -0.25) is 0 Å². The minimum atomic E-state index is -0.198. The molecule has 5 aliphatic rings. The molecule has 5 fully saturated rings. The minimum absolute atomic E-state index is 0.0434. The molecule has 0 aromatic heterocycles. The molecule has 1 aliphatic heterocycles. The summed E-state index contributed by atoms with van der Waals surface area (Å²) in [6.07, 6.45) is 14.8. The molecule has 0 aromatic rings. The molecule has 1 spiro atoms. The van der Waals surface area contributed by atoms with Crippen LogP contribution in [0.4, 0.5) is 0 Å². The summed E-state index contributed by atoms with van der Waals surface area (Å²) in [7, 11) is 0. The van der Waals surface area contributed by atoms with Crippen LogP contribution >= 0.6 is 0 Å². The second-order valence-electron chi connectivity index (χ2n) is 12.9. The first-order valence-corrected chi connectivity index (χ1v) is 13.1. The highest BCUT2D eigenvalue weighted by Gasteiger charge is 2.76. The molecule has 2 heteroatoms. The third kappa shape index (κ3) is 2.86. The van der Waals surface area contributed by atoms with Gasteiger partial charge in [0.2, 0.25) is 0 Å². The van der Waals surface area contributed by atoms with E-state index in [1.165, 1.54) is 64.2 Å². The van der Waals surface area contributed by atoms with Crippen molar-refractivity contribution in [2.45, 2.75) is 123 Å². The van der Waals surface area contributed by atoms with E-state index in [2.05, 4.69) is 34.6 Å². The van der Waals surface area contributed by atoms with Gasteiger partial charge < -0.3 is 9.84 Å². The molecule has 1 heterocycles. The first kappa shape index (κ1) is 20.8.